The molecule has 0 saturated carbocycles. The molecule has 0 spiro atoms. The van der Waals surface area contributed by atoms with Crippen molar-refractivity contribution in [2.24, 2.45) is 5.84 Å². The zero-order valence-corrected chi connectivity index (χ0v) is 9.03. The second-order valence-electron chi connectivity index (χ2n) is 3.02. The average Bonchev–Trinajstić information content (AvgIpc) is 2.18. The van der Waals surface area contributed by atoms with Crippen molar-refractivity contribution < 1.29 is 8.42 Å². The van der Waals surface area contributed by atoms with E-state index < -0.39 is 10.0 Å². The fourth-order valence-corrected chi connectivity index (χ4v) is 1.98. The summed E-state index contributed by atoms with van der Waals surface area (Å²) in [6.07, 6.45) is 0. The second kappa shape index (κ2) is 4.40. The van der Waals surface area contributed by atoms with Gasteiger partial charge < -0.3 is 0 Å². The molecule has 0 atom stereocenters. The first kappa shape index (κ1) is 11.7. The molecule has 0 amide bonds. The van der Waals surface area contributed by atoms with E-state index in [0.29, 0.717) is 4.41 Å². The van der Waals surface area contributed by atoms with E-state index in [2.05, 4.69) is 0 Å². The van der Waals surface area contributed by atoms with Crippen molar-refractivity contribution >= 4 is 10.0 Å². The molecule has 1 aromatic carbocycles. The first-order valence-electron chi connectivity index (χ1n) is 4.19. The van der Waals surface area contributed by atoms with Crippen LogP contribution in [0.2, 0.25) is 0 Å². The van der Waals surface area contributed by atoms with Crippen LogP contribution in [0.25, 0.3) is 0 Å². The molecule has 0 aliphatic heterocycles. The normalized spacial score (nSPS) is 11.3. The number of benzene rings is 1. The highest BCUT2D eigenvalue weighted by Gasteiger charge is 2.20. The van der Waals surface area contributed by atoms with E-state index in [1.165, 1.54) is 12.1 Å². The van der Waals surface area contributed by atoms with Gasteiger partial charge in [0.05, 0.1) is 11.0 Å². The number of nitrogens with two attached hydrogens (primary N) is 1. The van der Waals surface area contributed by atoms with E-state index in [1.54, 1.807) is 18.2 Å². The Morgan fingerprint density at radius 2 is 1.93 bits per heavy atom. The molecule has 1 aromatic rings. The van der Waals surface area contributed by atoms with E-state index in [-0.39, 0.29) is 11.4 Å². The van der Waals surface area contributed by atoms with Gasteiger partial charge in [-0.15, -0.1) is 4.41 Å². The van der Waals surface area contributed by atoms with Crippen molar-refractivity contribution in [1.82, 2.24) is 4.41 Å². The van der Waals surface area contributed by atoms with Crippen LogP contribution >= 0.6 is 0 Å². The van der Waals surface area contributed by atoms with Gasteiger partial charge in [0.15, 0.2) is 0 Å². The predicted octanol–water partition coefficient (Wildman–Crippen LogP) is 0.383. The minimum Gasteiger partial charge on any atom is -0.254 e. The highest BCUT2D eigenvalue weighted by Crippen LogP contribution is 2.13. The maximum atomic E-state index is 11.7. The molecule has 0 unspecified atom stereocenters. The third-order valence-electron chi connectivity index (χ3n) is 1.85. The molecule has 0 aliphatic rings. The maximum Gasteiger partial charge on any atom is 0.256 e. The summed E-state index contributed by atoms with van der Waals surface area (Å²) < 4.78 is 23.9. The molecule has 0 aromatic heterocycles. The SMILES string of the molecule is Cc1ccc(S(=O)(=O)N(N)CC#N)cc1. The zero-order chi connectivity index (χ0) is 11.5. The van der Waals surface area contributed by atoms with Crippen LogP contribution in [-0.4, -0.2) is 19.4 Å². The molecule has 5 nitrogen and oxygen atoms in total. The smallest absolute Gasteiger partial charge is 0.254 e. The van der Waals surface area contributed by atoms with Crippen LogP contribution in [0.15, 0.2) is 29.2 Å². The van der Waals surface area contributed by atoms with Gasteiger partial charge in [0, 0.05) is 0 Å². The fourth-order valence-electron chi connectivity index (χ4n) is 1.00. The number of hydrogen-bond donors (Lipinski definition) is 1. The minimum absolute atomic E-state index is 0.0888. The third kappa shape index (κ3) is 2.53. The Kier molecular flexibility index (Phi) is 3.42. The number of nitriles is 1. The molecule has 1 rings (SSSR count). The zero-order valence-electron chi connectivity index (χ0n) is 8.21. The number of nitrogens with zero attached hydrogens (tertiary/aromatic N) is 2. The quantitative estimate of drug-likeness (QED) is 0.457. The Hall–Kier alpha value is -1.42. The van der Waals surface area contributed by atoms with Crippen LogP contribution in [0.4, 0.5) is 0 Å². The van der Waals surface area contributed by atoms with Gasteiger partial charge in [-0.3, -0.25) is 5.84 Å². The first-order valence-corrected chi connectivity index (χ1v) is 5.63. The topological polar surface area (TPSA) is 87.2 Å². The minimum atomic E-state index is -3.73. The summed E-state index contributed by atoms with van der Waals surface area (Å²) in [6, 6.07) is 7.94. The summed E-state index contributed by atoms with van der Waals surface area (Å²) in [4.78, 5) is 0.0888. The van der Waals surface area contributed by atoms with Gasteiger partial charge in [-0.1, -0.05) is 17.7 Å². The van der Waals surface area contributed by atoms with Gasteiger partial charge in [0.2, 0.25) is 0 Å². The molecule has 0 heterocycles. The van der Waals surface area contributed by atoms with Crippen LogP contribution in [0.1, 0.15) is 5.56 Å². The van der Waals surface area contributed by atoms with Crippen molar-refractivity contribution in [3.63, 3.8) is 0 Å². The van der Waals surface area contributed by atoms with Gasteiger partial charge in [-0.05, 0) is 19.1 Å². The summed E-state index contributed by atoms with van der Waals surface area (Å²) >= 11 is 0. The number of rotatable bonds is 3. The number of sulfonamides is 1. The van der Waals surface area contributed by atoms with E-state index in [1.807, 2.05) is 6.92 Å². The highest BCUT2D eigenvalue weighted by molar-refractivity contribution is 7.89. The molecule has 80 valence electrons. The van der Waals surface area contributed by atoms with Crippen molar-refractivity contribution in [1.29, 1.82) is 5.26 Å². The van der Waals surface area contributed by atoms with Gasteiger partial charge >= 0.3 is 0 Å². The molecule has 2 N–H and O–H groups in total. The molecule has 0 aliphatic carbocycles. The monoisotopic (exact) mass is 225 g/mol. The Morgan fingerprint density at radius 3 is 2.40 bits per heavy atom. The number of hydrazine groups is 1. The van der Waals surface area contributed by atoms with Gasteiger partial charge in [0.1, 0.15) is 6.54 Å². The lowest BCUT2D eigenvalue weighted by Gasteiger charge is -2.12. The fraction of sp³-hybridized carbons (Fsp3) is 0.222. The molecule has 0 saturated heterocycles. The largest absolute Gasteiger partial charge is 0.256 e. The molecule has 0 bridgehead atoms. The maximum absolute atomic E-state index is 11.7. The summed E-state index contributed by atoms with van der Waals surface area (Å²) in [5.41, 5.74) is 0.956. The number of hydrogen-bond acceptors (Lipinski definition) is 4. The van der Waals surface area contributed by atoms with E-state index in [4.69, 9.17) is 11.1 Å². The van der Waals surface area contributed by atoms with Gasteiger partial charge in [0.25, 0.3) is 10.0 Å². The van der Waals surface area contributed by atoms with Crippen molar-refractivity contribution in [2.45, 2.75) is 11.8 Å². The lowest BCUT2D eigenvalue weighted by atomic mass is 10.2. The van der Waals surface area contributed by atoms with Gasteiger partial charge in [-0.25, -0.2) is 8.42 Å². The van der Waals surface area contributed by atoms with Crippen molar-refractivity contribution in [3.8, 4) is 6.07 Å². The van der Waals surface area contributed by atoms with E-state index >= 15 is 0 Å². The lowest BCUT2D eigenvalue weighted by molar-refractivity contribution is 0.462. The highest BCUT2D eigenvalue weighted by atomic mass is 32.2. The first-order chi connectivity index (χ1) is 6.98. The molecule has 6 heteroatoms. The molecule has 0 fully saturated rings. The van der Waals surface area contributed by atoms with E-state index in [9.17, 15) is 8.42 Å². The molecular weight excluding hydrogens is 214 g/mol. The molecule has 15 heavy (non-hydrogen) atoms. The summed E-state index contributed by atoms with van der Waals surface area (Å²) in [5.74, 6) is 5.25. The summed E-state index contributed by atoms with van der Waals surface area (Å²) in [7, 11) is -3.73. The predicted molar refractivity (Wildman–Crippen MR) is 54.9 cm³/mol. The molecular formula is C9H11N3O2S. The van der Waals surface area contributed by atoms with Crippen molar-refractivity contribution in [3.05, 3.63) is 29.8 Å². The van der Waals surface area contributed by atoms with Crippen molar-refractivity contribution in [2.75, 3.05) is 6.54 Å². The number of aryl methyl sites for hydroxylation is 1. The van der Waals surface area contributed by atoms with Crippen LogP contribution in [0.5, 0.6) is 0 Å². The van der Waals surface area contributed by atoms with Crippen LogP contribution in [-0.2, 0) is 10.0 Å². The van der Waals surface area contributed by atoms with Crippen LogP contribution in [0.3, 0.4) is 0 Å². The lowest BCUT2D eigenvalue weighted by Crippen LogP contribution is -2.37. The Balaban J connectivity index is 3.07. The summed E-state index contributed by atoms with van der Waals surface area (Å²) in [5, 5.41) is 8.35. The standard InChI is InChI=1S/C9H11N3O2S/c1-8-2-4-9(5-3-8)15(13,14)12(11)7-6-10/h2-5H,7,11H2,1H3. The Labute approximate surface area is 88.7 Å². The Morgan fingerprint density at radius 1 is 1.40 bits per heavy atom. The third-order valence-corrected chi connectivity index (χ3v) is 3.47. The van der Waals surface area contributed by atoms with E-state index in [0.717, 1.165) is 5.56 Å². The Bertz CT molecular complexity index is 473. The van der Waals surface area contributed by atoms with Crippen LogP contribution < -0.4 is 5.84 Å². The second-order valence-corrected chi connectivity index (χ2v) is 4.91. The van der Waals surface area contributed by atoms with Gasteiger partial charge in [-0.2, -0.15) is 5.26 Å². The molecule has 0 radical (unpaired) electrons. The van der Waals surface area contributed by atoms with Crippen LogP contribution in [0, 0.1) is 18.3 Å². The average molecular weight is 225 g/mol. The summed E-state index contributed by atoms with van der Waals surface area (Å²) in [6.45, 7) is 1.49.